The predicted molar refractivity (Wildman–Crippen MR) is 129 cm³/mol. The fraction of sp³-hybridized carbons (Fsp3) is 0.0690. The first-order valence-corrected chi connectivity index (χ1v) is 11.0. The second kappa shape index (κ2) is 9.16. The number of rotatable bonds is 3. The number of alkyl halides is 3. The SMILES string of the molecule is O=C1C(C#Cc2ccc3ccccc3c2)=C(c2ccc(C(F)(F)F)cc2)C(=O)N1Cc1ccccn1. The maximum absolute atomic E-state index is 13.3. The van der Waals surface area contributed by atoms with Gasteiger partial charge in [0.25, 0.3) is 11.8 Å². The highest BCUT2D eigenvalue weighted by molar-refractivity contribution is 6.37. The number of hydrogen-bond donors (Lipinski definition) is 0. The molecule has 0 fully saturated rings. The van der Waals surface area contributed by atoms with Gasteiger partial charge in [0.15, 0.2) is 0 Å². The first kappa shape index (κ1) is 23.1. The Kier molecular flexibility index (Phi) is 5.87. The minimum absolute atomic E-state index is 0.0297. The van der Waals surface area contributed by atoms with Crippen LogP contribution in [0.2, 0.25) is 0 Å². The summed E-state index contributed by atoms with van der Waals surface area (Å²) in [7, 11) is 0. The summed E-state index contributed by atoms with van der Waals surface area (Å²) in [5, 5.41) is 1.99. The Hall–Kier alpha value is -4.70. The van der Waals surface area contributed by atoms with E-state index in [1.54, 1.807) is 30.5 Å². The minimum atomic E-state index is -4.52. The van der Waals surface area contributed by atoms with Gasteiger partial charge in [-0.05, 0) is 52.7 Å². The molecule has 4 aromatic rings. The van der Waals surface area contributed by atoms with Crippen LogP contribution in [0, 0.1) is 11.8 Å². The molecule has 0 bridgehead atoms. The summed E-state index contributed by atoms with van der Waals surface area (Å²) < 4.78 is 39.2. The molecular formula is C29H17F3N2O2. The second-order valence-corrected chi connectivity index (χ2v) is 8.15. The topological polar surface area (TPSA) is 50.3 Å². The molecule has 5 rings (SSSR count). The van der Waals surface area contributed by atoms with Gasteiger partial charge in [-0.15, -0.1) is 0 Å². The first-order valence-electron chi connectivity index (χ1n) is 11.0. The van der Waals surface area contributed by atoms with E-state index in [-0.39, 0.29) is 23.3 Å². The number of aromatic nitrogens is 1. The Balaban J connectivity index is 1.57. The molecule has 0 atom stereocenters. The molecule has 0 spiro atoms. The van der Waals surface area contributed by atoms with Gasteiger partial charge >= 0.3 is 6.18 Å². The summed E-state index contributed by atoms with van der Waals surface area (Å²) in [5.74, 6) is 4.53. The zero-order chi connectivity index (χ0) is 25.3. The third-order valence-corrected chi connectivity index (χ3v) is 5.80. The van der Waals surface area contributed by atoms with Gasteiger partial charge in [0.2, 0.25) is 0 Å². The zero-order valence-corrected chi connectivity index (χ0v) is 18.7. The van der Waals surface area contributed by atoms with E-state index in [2.05, 4.69) is 16.8 Å². The van der Waals surface area contributed by atoms with E-state index in [1.165, 1.54) is 12.1 Å². The number of fused-ring (bicyclic) bond motifs is 1. The number of imide groups is 1. The number of carbonyl (C=O) groups is 2. The summed E-state index contributed by atoms with van der Waals surface area (Å²) in [6.45, 7) is -0.0796. The number of carbonyl (C=O) groups excluding carboxylic acids is 2. The Morgan fingerprint density at radius 3 is 2.19 bits per heavy atom. The van der Waals surface area contributed by atoms with Crippen molar-refractivity contribution < 1.29 is 22.8 Å². The van der Waals surface area contributed by atoms with Crippen LogP contribution in [0.3, 0.4) is 0 Å². The highest BCUT2D eigenvalue weighted by atomic mass is 19.4. The standard InChI is InChI=1S/C29H17F3N2O2/c30-29(31,32)23-13-11-21(12-14-23)26-25(15-9-19-8-10-20-5-1-2-6-22(20)17-19)27(35)34(28(26)36)18-24-7-3-4-16-33-24/h1-8,10-14,16-17H,18H2. The third-order valence-electron chi connectivity index (χ3n) is 5.80. The molecule has 0 aliphatic carbocycles. The summed E-state index contributed by atoms with van der Waals surface area (Å²) in [4.78, 5) is 31.8. The van der Waals surface area contributed by atoms with Crippen LogP contribution in [0.15, 0.2) is 96.7 Å². The lowest BCUT2D eigenvalue weighted by Gasteiger charge is -2.14. The number of benzene rings is 3. The fourth-order valence-electron chi connectivity index (χ4n) is 3.98. The number of nitrogens with zero attached hydrogens (tertiary/aromatic N) is 2. The van der Waals surface area contributed by atoms with Crippen molar-refractivity contribution in [3.63, 3.8) is 0 Å². The molecule has 2 heterocycles. The van der Waals surface area contributed by atoms with E-state index in [0.717, 1.165) is 27.8 Å². The van der Waals surface area contributed by atoms with Crippen LogP contribution in [0.1, 0.15) is 22.4 Å². The lowest BCUT2D eigenvalue weighted by atomic mass is 10.00. The lowest BCUT2D eigenvalue weighted by molar-refractivity contribution is -0.138. The van der Waals surface area contributed by atoms with Crippen molar-refractivity contribution in [3.8, 4) is 11.8 Å². The quantitative estimate of drug-likeness (QED) is 0.281. The van der Waals surface area contributed by atoms with Crippen molar-refractivity contribution >= 4 is 28.2 Å². The Bertz CT molecular complexity index is 1580. The molecule has 176 valence electrons. The van der Waals surface area contributed by atoms with Gasteiger partial charge < -0.3 is 0 Å². The molecule has 0 saturated carbocycles. The van der Waals surface area contributed by atoms with Gasteiger partial charge in [-0.2, -0.15) is 13.2 Å². The van der Waals surface area contributed by atoms with Gasteiger partial charge in [-0.1, -0.05) is 60.4 Å². The van der Waals surface area contributed by atoms with E-state index in [9.17, 15) is 22.8 Å². The van der Waals surface area contributed by atoms with Crippen molar-refractivity contribution in [2.45, 2.75) is 12.7 Å². The molecule has 3 aromatic carbocycles. The van der Waals surface area contributed by atoms with Crippen LogP contribution in [0.4, 0.5) is 13.2 Å². The number of hydrogen-bond acceptors (Lipinski definition) is 3. The first-order chi connectivity index (χ1) is 17.3. The molecule has 2 amide bonds. The molecular weight excluding hydrogens is 465 g/mol. The van der Waals surface area contributed by atoms with Crippen LogP contribution >= 0.6 is 0 Å². The Morgan fingerprint density at radius 1 is 0.778 bits per heavy atom. The van der Waals surface area contributed by atoms with E-state index >= 15 is 0 Å². The highest BCUT2D eigenvalue weighted by Crippen LogP contribution is 2.34. The lowest BCUT2D eigenvalue weighted by Crippen LogP contribution is -2.31. The van der Waals surface area contributed by atoms with Crippen molar-refractivity contribution in [3.05, 3.63) is 119 Å². The monoisotopic (exact) mass is 482 g/mol. The van der Waals surface area contributed by atoms with Crippen LogP contribution in [0.5, 0.6) is 0 Å². The Morgan fingerprint density at radius 2 is 1.50 bits per heavy atom. The molecule has 0 unspecified atom stereocenters. The van der Waals surface area contributed by atoms with E-state index in [0.29, 0.717) is 11.3 Å². The summed E-state index contributed by atoms with van der Waals surface area (Å²) in [6.07, 6.45) is -2.98. The predicted octanol–water partition coefficient (Wildman–Crippen LogP) is 5.63. The Labute approximate surface area is 204 Å². The molecule has 0 radical (unpaired) electrons. The molecule has 1 aromatic heterocycles. The third kappa shape index (κ3) is 4.49. The van der Waals surface area contributed by atoms with Crippen molar-refractivity contribution in [1.82, 2.24) is 9.88 Å². The minimum Gasteiger partial charge on any atom is -0.269 e. The van der Waals surface area contributed by atoms with Crippen LogP contribution < -0.4 is 0 Å². The van der Waals surface area contributed by atoms with Crippen LogP contribution in [-0.2, 0) is 22.3 Å². The second-order valence-electron chi connectivity index (χ2n) is 8.15. The molecule has 0 N–H and O–H groups in total. The van der Waals surface area contributed by atoms with Gasteiger partial charge in [-0.3, -0.25) is 19.5 Å². The van der Waals surface area contributed by atoms with Crippen molar-refractivity contribution in [2.75, 3.05) is 0 Å². The van der Waals surface area contributed by atoms with Gasteiger partial charge in [0.1, 0.15) is 5.57 Å². The maximum atomic E-state index is 13.3. The van der Waals surface area contributed by atoms with Crippen LogP contribution in [-0.4, -0.2) is 21.7 Å². The maximum Gasteiger partial charge on any atom is 0.416 e. The molecule has 4 nitrogen and oxygen atoms in total. The van der Waals surface area contributed by atoms with E-state index in [1.807, 2.05) is 36.4 Å². The largest absolute Gasteiger partial charge is 0.416 e. The number of amides is 2. The van der Waals surface area contributed by atoms with Gasteiger partial charge in [-0.25, -0.2) is 0 Å². The normalized spacial score (nSPS) is 13.8. The number of halogens is 3. The van der Waals surface area contributed by atoms with Gasteiger partial charge in [0.05, 0.1) is 23.4 Å². The summed E-state index contributed by atoms with van der Waals surface area (Å²) in [5.41, 5.74) is 0.373. The molecule has 36 heavy (non-hydrogen) atoms. The van der Waals surface area contributed by atoms with Gasteiger partial charge in [0, 0.05) is 11.8 Å². The average molecular weight is 482 g/mol. The van der Waals surface area contributed by atoms with Crippen molar-refractivity contribution in [1.29, 1.82) is 0 Å². The number of pyridine rings is 1. The molecule has 1 aliphatic heterocycles. The smallest absolute Gasteiger partial charge is 0.269 e. The van der Waals surface area contributed by atoms with E-state index in [4.69, 9.17) is 0 Å². The molecule has 0 saturated heterocycles. The molecule has 1 aliphatic rings. The fourth-order valence-corrected chi connectivity index (χ4v) is 3.98. The van der Waals surface area contributed by atoms with Crippen molar-refractivity contribution in [2.24, 2.45) is 0 Å². The zero-order valence-electron chi connectivity index (χ0n) is 18.7. The summed E-state index contributed by atoms with van der Waals surface area (Å²) in [6, 6.07) is 22.6. The van der Waals surface area contributed by atoms with E-state index < -0.39 is 23.6 Å². The molecule has 7 heteroatoms. The highest BCUT2D eigenvalue weighted by Gasteiger charge is 2.39. The van der Waals surface area contributed by atoms with Crippen LogP contribution in [0.25, 0.3) is 16.3 Å². The average Bonchev–Trinajstić information content (AvgIpc) is 3.11. The summed E-state index contributed by atoms with van der Waals surface area (Å²) >= 11 is 0.